The Morgan fingerprint density at radius 1 is 1.35 bits per heavy atom. The first kappa shape index (κ1) is 31.0. The standard InChI is InChI=1S/C30H30Cl2FN5O4S/c1-30(2,3)42-29(41)38(25-15-12-19(25)37(13-15)28(39)40)26-17-11-14(7-6-10-34)20(16-8-5-9-18(31)21(16)32)22(33)24(17)36-27(43-4)23(26)35/h5,8-9,11,15,19,25H,6-7,12-13,35H2,1-4H3,(H,39,40)/t15?,19?,25-/m0/s1. The van der Waals surface area contributed by atoms with E-state index >= 15 is 4.39 Å². The second-order valence-corrected chi connectivity index (χ2v) is 13.2. The lowest BCUT2D eigenvalue weighted by molar-refractivity contribution is 0.0518. The highest BCUT2D eigenvalue weighted by molar-refractivity contribution is 7.98. The number of fused-ring (bicyclic) bond motifs is 2. The van der Waals surface area contributed by atoms with Crippen molar-refractivity contribution in [3.05, 3.63) is 45.7 Å². The minimum Gasteiger partial charge on any atom is -0.465 e. The fourth-order valence-corrected chi connectivity index (χ4v) is 6.94. The van der Waals surface area contributed by atoms with Gasteiger partial charge in [-0.15, -0.1) is 11.8 Å². The molecule has 6 rings (SSSR count). The summed E-state index contributed by atoms with van der Waals surface area (Å²) in [4.78, 5) is 33.3. The predicted molar refractivity (Wildman–Crippen MR) is 166 cm³/mol. The number of rotatable bonds is 6. The quantitative estimate of drug-likeness (QED) is 0.262. The number of carboxylic acid groups (broad SMARTS) is 1. The number of halogens is 3. The maximum absolute atomic E-state index is 16.8. The van der Waals surface area contributed by atoms with E-state index in [1.807, 2.05) is 0 Å². The van der Waals surface area contributed by atoms with E-state index in [0.29, 0.717) is 17.5 Å². The van der Waals surface area contributed by atoms with Gasteiger partial charge in [-0.1, -0.05) is 35.3 Å². The number of thioether (sulfide) groups is 1. The van der Waals surface area contributed by atoms with Gasteiger partial charge in [0.25, 0.3) is 0 Å². The van der Waals surface area contributed by atoms with Crippen LogP contribution in [0.4, 0.5) is 25.4 Å². The number of hydrogen-bond donors (Lipinski definition) is 2. The monoisotopic (exact) mass is 645 g/mol. The lowest BCUT2D eigenvalue weighted by Crippen LogP contribution is -2.58. The number of benzene rings is 2. The minimum absolute atomic E-state index is 0.0596. The number of carbonyl (C=O) groups is 2. The van der Waals surface area contributed by atoms with E-state index in [1.54, 1.807) is 51.3 Å². The molecule has 2 aliphatic heterocycles. The zero-order valence-corrected chi connectivity index (χ0v) is 26.3. The highest BCUT2D eigenvalue weighted by Crippen LogP contribution is 2.50. The van der Waals surface area contributed by atoms with Crippen LogP contribution >= 0.6 is 35.0 Å². The highest BCUT2D eigenvalue weighted by atomic mass is 35.5. The second-order valence-electron chi connectivity index (χ2n) is 11.6. The molecule has 226 valence electrons. The van der Waals surface area contributed by atoms with Gasteiger partial charge in [0.15, 0.2) is 5.82 Å². The van der Waals surface area contributed by atoms with Crippen LogP contribution < -0.4 is 10.6 Å². The molecule has 13 heteroatoms. The van der Waals surface area contributed by atoms with Crippen molar-refractivity contribution in [3.63, 3.8) is 0 Å². The number of anilines is 2. The molecule has 0 spiro atoms. The SMILES string of the molecule is CSc1nc2c(F)c(-c3cccc(Cl)c3Cl)c(CCC#N)cc2c(N(C(=O)OC(C)(C)C)[C@H]2C3CC2N(C(=O)O)C3)c1N. The fraction of sp³-hybridized carbons (Fsp3) is 0.400. The largest absolute Gasteiger partial charge is 0.465 e. The maximum Gasteiger partial charge on any atom is 0.415 e. The van der Waals surface area contributed by atoms with Gasteiger partial charge in [-0.3, -0.25) is 4.90 Å². The molecule has 43 heavy (non-hydrogen) atoms. The molecule has 9 nitrogen and oxygen atoms in total. The zero-order chi connectivity index (χ0) is 31.4. The van der Waals surface area contributed by atoms with Gasteiger partial charge in [0.1, 0.15) is 16.1 Å². The van der Waals surface area contributed by atoms with Crippen LogP contribution in [0.1, 0.15) is 39.2 Å². The Morgan fingerprint density at radius 2 is 2.07 bits per heavy atom. The summed E-state index contributed by atoms with van der Waals surface area (Å²) in [7, 11) is 0. The predicted octanol–water partition coefficient (Wildman–Crippen LogP) is 7.60. The molecular formula is C30H30Cl2FN5O4S. The van der Waals surface area contributed by atoms with Crippen LogP contribution in [0.2, 0.25) is 10.0 Å². The molecular weight excluding hydrogens is 616 g/mol. The Kier molecular flexibility index (Phi) is 8.33. The third kappa shape index (κ3) is 5.41. The van der Waals surface area contributed by atoms with Gasteiger partial charge in [0, 0.05) is 35.4 Å². The third-order valence-electron chi connectivity index (χ3n) is 7.82. The van der Waals surface area contributed by atoms with Gasteiger partial charge in [0.05, 0.1) is 39.6 Å². The Labute approximate surface area is 262 Å². The van der Waals surface area contributed by atoms with Crippen molar-refractivity contribution in [2.45, 2.75) is 62.7 Å². The van der Waals surface area contributed by atoms with Crippen LogP contribution in [0, 0.1) is 23.1 Å². The second kappa shape index (κ2) is 11.6. The van der Waals surface area contributed by atoms with Crippen molar-refractivity contribution in [2.75, 3.05) is 23.4 Å². The molecule has 3 heterocycles. The molecule has 2 amide bonds. The fourth-order valence-electron chi connectivity index (χ4n) is 6.05. The lowest BCUT2D eigenvalue weighted by atomic mass is 9.78. The number of nitrogens with two attached hydrogens (primary N) is 1. The molecule has 1 aromatic heterocycles. The topological polar surface area (TPSA) is 133 Å². The van der Waals surface area contributed by atoms with Gasteiger partial charge >= 0.3 is 12.2 Å². The summed E-state index contributed by atoms with van der Waals surface area (Å²) in [6.45, 7) is 5.43. The third-order valence-corrected chi connectivity index (χ3v) is 9.34. The number of aromatic nitrogens is 1. The van der Waals surface area contributed by atoms with Gasteiger partial charge in [-0.2, -0.15) is 5.26 Å². The summed E-state index contributed by atoms with van der Waals surface area (Å²) in [6, 6.07) is 7.60. The van der Waals surface area contributed by atoms with Crippen LogP contribution in [0.5, 0.6) is 0 Å². The summed E-state index contributed by atoms with van der Waals surface area (Å²) in [6.07, 6.45) is 0.746. The molecule has 2 aromatic carbocycles. The summed E-state index contributed by atoms with van der Waals surface area (Å²) < 4.78 is 22.7. The summed E-state index contributed by atoms with van der Waals surface area (Å²) in [5.41, 5.74) is 7.02. The number of nitriles is 1. The smallest absolute Gasteiger partial charge is 0.415 e. The molecule has 1 saturated carbocycles. The highest BCUT2D eigenvalue weighted by Gasteiger charge is 2.58. The first-order valence-corrected chi connectivity index (χ1v) is 15.6. The molecule has 3 aromatic rings. The van der Waals surface area contributed by atoms with Crippen LogP contribution in [-0.4, -0.2) is 57.7 Å². The number of nitrogen functional groups attached to an aromatic ring is 1. The van der Waals surface area contributed by atoms with Crippen LogP contribution in [0.3, 0.4) is 0 Å². The molecule has 3 aliphatic rings. The number of ether oxygens (including phenoxy) is 1. The first-order chi connectivity index (χ1) is 20.3. The minimum atomic E-state index is -1.08. The molecule has 2 bridgehead atoms. The van der Waals surface area contributed by atoms with Gasteiger partial charge in [-0.25, -0.2) is 19.0 Å². The lowest BCUT2D eigenvalue weighted by Gasteiger charge is -2.44. The van der Waals surface area contributed by atoms with E-state index in [0.717, 1.165) is 0 Å². The number of hydrogen-bond acceptors (Lipinski definition) is 7. The molecule has 2 unspecified atom stereocenters. The Bertz CT molecular complexity index is 1690. The van der Waals surface area contributed by atoms with Crippen LogP contribution in [-0.2, 0) is 11.2 Å². The zero-order valence-electron chi connectivity index (χ0n) is 24.0. The average Bonchev–Trinajstić information content (AvgIpc) is 3.53. The molecule has 3 N–H and O–H groups in total. The van der Waals surface area contributed by atoms with Crippen molar-refractivity contribution in [1.82, 2.24) is 9.88 Å². The molecule has 1 aliphatic carbocycles. The van der Waals surface area contributed by atoms with Crippen molar-refractivity contribution in [2.24, 2.45) is 5.92 Å². The van der Waals surface area contributed by atoms with E-state index in [1.165, 1.54) is 21.6 Å². The normalized spacial score (nSPS) is 19.2. The van der Waals surface area contributed by atoms with Crippen molar-refractivity contribution in [1.29, 1.82) is 5.26 Å². The van der Waals surface area contributed by atoms with E-state index in [9.17, 15) is 20.0 Å². The molecule has 2 saturated heterocycles. The van der Waals surface area contributed by atoms with Gasteiger partial charge in [0.2, 0.25) is 0 Å². The van der Waals surface area contributed by atoms with Crippen LogP contribution in [0.15, 0.2) is 29.3 Å². The average molecular weight is 647 g/mol. The van der Waals surface area contributed by atoms with Crippen molar-refractivity contribution >= 4 is 69.4 Å². The number of aryl methyl sites for hydroxylation is 1. The van der Waals surface area contributed by atoms with E-state index in [-0.39, 0.29) is 68.2 Å². The number of nitrogens with zero attached hydrogens (tertiary/aromatic N) is 4. The molecule has 3 atom stereocenters. The number of carbonyl (C=O) groups excluding carboxylic acids is 1. The summed E-state index contributed by atoms with van der Waals surface area (Å²) in [5, 5.41) is 20.1. The Hall–Kier alpha value is -3.46. The van der Waals surface area contributed by atoms with Crippen molar-refractivity contribution < 1.29 is 23.8 Å². The molecule has 3 fully saturated rings. The van der Waals surface area contributed by atoms with Crippen molar-refractivity contribution in [3.8, 4) is 17.2 Å². The van der Waals surface area contributed by atoms with Gasteiger partial charge < -0.3 is 20.5 Å². The maximum atomic E-state index is 16.8. The number of amides is 2. The first-order valence-electron chi connectivity index (χ1n) is 13.6. The van der Waals surface area contributed by atoms with E-state index in [4.69, 9.17) is 33.7 Å². The summed E-state index contributed by atoms with van der Waals surface area (Å²) in [5.74, 6) is -0.875. The number of pyridine rings is 1. The van der Waals surface area contributed by atoms with E-state index < -0.39 is 35.7 Å². The van der Waals surface area contributed by atoms with Crippen LogP contribution in [0.25, 0.3) is 22.0 Å². The van der Waals surface area contributed by atoms with E-state index in [2.05, 4.69) is 11.1 Å². The Balaban J connectivity index is 1.83. The summed E-state index contributed by atoms with van der Waals surface area (Å²) >= 11 is 14.0. The molecule has 0 radical (unpaired) electrons. The Morgan fingerprint density at radius 3 is 2.67 bits per heavy atom. The van der Waals surface area contributed by atoms with Gasteiger partial charge in [-0.05, 0) is 57.6 Å².